The molecule has 4 nitrogen and oxygen atoms in total. The fourth-order valence-electron chi connectivity index (χ4n) is 1.50. The highest BCUT2D eigenvalue weighted by molar-refractivity contribution is 14.1. The third kappa shape index (κ3) is 2.05. The molecule has 0 spiro atoms. The normalized spacial score (nSPS) is 10.6. The van der Waals surface area contributed by atoms with E-state index in [0.29, 0.717) is 12.4 Å². The summed E-state index contributed by atoms with van der Waals surface area (Å²) in [6.07, 6.45) is 0. The fourth-order valence-corrected chi connectivity index (χ4v) is 2.20. The number of aliphatic hydroxyl groups is 1. The number of hydrogen-bond donors (Lipinski definition) is 2. The van der Waals surface area contributed by atoms with Crippen molar-refractivity contribution in [3.8, 4) is 11.3 Å². The van der Waals surface area contributed by atoms with Crippen molar-refractivity contribution in [1.82, 2.24) is 9.78 Å². The highest BCUT2D eigenvalue weighted by Gasteiger charge is 2.13. The number of aliphatic hydroxyl groups excluding tert-OH is 1. The van der Waals surface area contributed by atoms with Crippen LogP contribution >= 0.6 is 22.6 Å². The van der Waals surface area contributed by atoms with Gasteiger partial charge < -0.3 is 10.8 Å². The van der Waals surface area contributed by atoms with Crippen LogP contribution < -0.4 is 5.73 Å². The van der Waals surface area contributed by atoms with Crippen molar-refractivity contribution >= 4 is 28.4 Å². The molecule has 0 fully saturated rings. The molecule has 5 heteroatoms. The Labute approximate surface area is 107 Å². The minimum absolute atomic E-state index is 0.0379. The van der Waals surface area contributed by atoms with Gasteiger partial charge in [0, 0.05) is 5.56 Å². The summed E-state index contributed by atoms with van der Waals surface area (Å²) in [5, 5.41) is 13.3. The highest BCUT2D eigenvalue weighted by Crippen LogP contribution is 2.28. The van der Waals surface area contributed by atoms with E-state index >= 15 is 0 Å². The number of nitrogens with zero attached hydrogens (tertiary/aromatic N) is 2. The van der Waals surface area contributed by atoms with Crippen molar-refractivity contribution in [3.63, 3.8) is 0 Å². The predicted molar refractivity (Wildman–Crippen MR) is 71.9 cm³/mol. The zero-order chi connectivity index (χ0) is 11.5. The second kappa shape index (κ2) is 4.84. The van der Waals surface area contributed by atoms with E-state index in [9.17, 15) is 0 Å². The number of halogens is 1. The van der Waals surface area contributed by atoms with Gasteiger partial charge in [-0.25, -0.2) is 4.68 Å². The number of hydrogen-bond acceptors (Lipinski definition) is 3. The third-order valence-electron chi connectivity index (χ3n) is 2.29. The van der Waals surface area contributed by atoms with Crippen LogP contribution in [0.1, 0.15) is 0 Å². The van der Waals surface area contributed by atoms with Crippen LogP contribution in [0.25, 0.3) is 11.3 Å². The van der Waals surface area contributed by atoms with Gasteiger partial charge in [0.15, 0.2) is 0 Å². The predicted octanol–water partition coefficient (Wildman–Crippen LogP) is 1.73. The van der Waals surface area contributed by atoms with Gasteiger partial charge in [0.1, 0.15) is 11.5 Å². The number of nitrogen functional groups attached to an aromatic ring is 1. The molecular weight excluding hydrogens is 317 g/mol. The minimum atomic E-state index is 0.0379. The SMILES string of the molecule is Nc1c(I)c(-c2ccccc2)nn1CCO. The van der Waals surface area contributed by atoms with Gasteiger partial charge in [-0.2, -0.15) is 5.10 Å². The molecule has 2 aromatic rings. The smallest absolute Gasteiger partial charge is 0.135 e. The molecule has 0 atom stereocenters. The topological polar surface area (TPSA) is 64.1 Å². The second-order valence-electron chi connectivity index (χ2n) is 3.36. The molecule has 16 heavy (non-hydrogen) atoms. The number of rotatable bonds is 3. The van der Waals surface area contributed by atoms with Crippen LogP contribution in [-0.2, 0) is 6.54 Å². The van der Waals surface area contributed by atoms with Crippen molar-refractivity contribution in [2.75, 3.05) is 12.3 Å². The number of benzene rings is 1. The van der Waals surface area contributed by atoms with Crippen LogP contribution in [-0.4, -0.2) is 21.5 Å². The number of anilines is 1. The first-order valence-electron chi connectivity index (χ1n) is 4.92. The zero-order valence-electron chi connectivity index (χ0n) is 8.60. The Kier molecular flexibility index (Phi) is 3.45. The Morgan fingerprint density at radius 1 is 1.31 bits per heavy atom. The van der Waals surface area contributed by atoms with Gasteiger partial charge in [-0.3, -0.25) is 0 Å². The maximum Gasteiger partial charge on any atom is 0.135 e. The van der Waals surface area contributed by atoms with Gasteiger partial charge in [-0.1, -0.05) is 30.3 Å². The number of aromatic nitrogens is 2. The van der Waals surface area contributed by atoms with Gasteiger partial charge in [0.05, 0.1) is 16.7 Å². The molecular formula is C11H12IN3O. The van der Waals surface area contributed by atoms with Crippen molar-refractivity contribution in [2.45, 2.75) is 6.54 Å². The first-order valence-corrected chi connectivity index (χ1v) is 6.00. The van der Waals surface area contributed by atoms with Gasteiger partial charge in [0.25, 0.3) is 0 Å². The third-order valence-corrected chi connectivity index (χ3v) is 3.35. The average Bonchev–Trinajstić information content (AvgIpc) is 2.59. The molecule has 0 saturated carbocycles. The molecule has 1 aromatic carbocycles. The molecule has 0 saturated heterocycles. The number of nitrogens with two attached hydrogens (primary N) is 1. The molecule has 2 rings (SSSR count). The van der Waals surface area contributed by atoms with Gasteiger partial charge in [0.2, 0.25) is 0 Å². The molecule has 1 aromatic heterocycles. The van der Waals surface area contributed by atoms with Crippen molar-refractivity contribution in [3.05, 3.63) is 33.9 Å². The van der Waals surface area contributed by atoms with E-state index in [0.717, 1.165) is 14.8 Å². The van der Waals surface area contributed by atoms with Crippen LogP contribution in [0.15, 0.2) is 30.3 Å². The summed E-state index contributed by atoms with van der Waals surface area (Å²) in [7, 11) is 0. The van der Waals surface area contributed by atoms with E-state index in [4.69, 9.17) is 10.8 Å². The molecule has 0 aliphatic rings. The molecule has 0 radical (unpaired) electrons. The van der Waals surface area contributed by atoms with E-state index < -0.39 is 0 Å². The van der Waals surface area contributed by atoms with Crippen LogP contribution in [0.3, 0.4) is 0 Å². The van der Waals surface area contributed by atoms with Gasteiger partial charge in [-0.15, -0.1) is 0 Å². The van der Waals surface area contributed by atoms with E-state index in [1.165, 1.54) is 0 Å². The first kappa shape index (κ1) is 11.4. The molecule has 0 aliphatic carbocycles. The quantitative estimate of drug-likeness (QED) is 0.843. The van der Waals surface area contributed by atoms with Crippen LogP contribution in [0, 0.1) is 3.57 Å². The average molecular weight is 329 g/mol. The lowest BCUT2D eigenvalue weighted by molar-refractivity contribution is 0.270. The lowest BCUT2D eigenvalue weighted by Crippen LogP contribution is -2.07. The largest absolute Gasteiger partial charge is 0.394 e. The molecule has 0 bridgehead atoms. The van der Waals surface area contributed by atoms with E-state index in [2.05, 4.69) is 27.7 Å². The molecule has 84 valence electrons. The van der Waals surface area contributed by atoms with Crippen LogP contribution in [0.4, 0.5) is 5.82 Å². The highest BCUT2D eigenvalue weighted by atomic mass is 127. The maximum atomic E-state index is 8.90. The van der Waals surface area contributed by atoms with E-state index in [1.807, 2.05) is 30.3 Å². The Morgan fingerprint density at radius 3 is 2.62 bits per heavy atom. The Bertz CT molecular complexity index is 481. The Balaban J connectivity index is 2.46. The summed E-state index contributed by atoms with van der Waals surface area (Å²) in [6, 6.07) is 9.88. The lowest BCUT2D eigenvalue weighted by atomic mass is 10.2. The summed E-state index contributed by atoms with van der Waals surface area (Å²) in [5.74, 6) is 0.605. The second-order valence-corrected chi connectivity index (χ2v) is 4.44. The van der Waals surface area contributed by atoms with Crippen molar-refractivity contribution in [2.24, 2.45) is 0 Å². The summed E-state index contributed by atoms with van der Waals surface area (Å²) in [6.45, 7) is 0.463. The zero-order valence-corrected chi connectivity index (χ0v) is 10.8. The lowest BCUT2D eigenvalue weighted by Gasteiger charge is -1.99. The monoisotopic (exact) mass is 329 g/mol. The first-order chi connectivity index (χ1) is 7.74. The van der Waals surface area contributed by atoms with E-state index in [1.54, 1.807) is 4.68 Å². The fraction of sp³-hybridized carbons (Fsp3) is 0.182. The summed E-state index contributed by atoms with van der Waals surface area (Å²) in [4.78, 5) is 0. The van der Waals surface area contributed by atoms with Gasteiger partial charge >= 0.3 is 0 Å². The maximum absolute atomic E-state index is 8.90. The molecule has 1 heterocycles. The van der Waals surface area contributed by atoms with Crippen molar-refractivity contribution < 1.29 is 5.11 Å². The van der Waals surface area contributed by atoms with Crippen LogP contribution in [0.2, 0.25) is 0 Å². The standard InChI is InChI=1S/C11H12IN3O/c12-9-10(8-4-2-1-3-5-8)14-15(6-7-16)11(9)13/h1-5,16H,6-7,13H2. The van der Waals surface area contributed by atoms with E-state index in [-0.39, 0.29) is 6.61 Å². The molecule has 0 amide bonds. The Morgan fingerprint density at radius 2 is 2.00 bits per heavy atom. The van der Waals surface area contributed by atoms with Gasteiger partial charge in [-0.05, 0) is 22.6 Å². The van der Waals surface area contributed by atoms with Crippen molar-refractivity contribution in [1.29, 1.82) is 0 Å². The molecule has 0 aliphatic heterocycles. The Hall–Kier alpha value is -1.08. The summed E-state index contributed by atoms with van der Waals surface area (Å²) >= 11 is 2.18. The molecule has 0 unspecified atom stereocenters. The summed E-state index contributed by atoms with van der Waals surface area (Å²) < 4.78 is 2.56. The minimum Gasteiger partial charge on any atom is -0.394 e. The summed E-state index contributed by atoms with van der Waals surface area (Å²) in [5.41, 5.74) is 7.81. The van der Waals surface area contributed by atoms with Crippen LogP contribution in [0.5, 0.6) is 0 Å². The molecule has 3 N–H and O–H groups in total.